The van der Waals surface area contributed by atoms with Gasteiger partial charge in [0.05, 0.1) is 12.2 Å². The van der Waals surface area contributed by atoms with Gasteiger partial charge < -0.3 is 9.64 Å². The molecule has 6 heteroatoms. The van der Waals surface area contributed by atoms with E-state index in [1.807, 2.05) is 11.0 Å². The molecule has 2 rings (SSSR count). The van der Waals surface area contributed by atoms with Gasteiger partial charge in [0.15, 0.2) is 0 Å². The Balaban J connectivity index is 1.96. The lowest BCUT2D eigenvalue weighted by Gasteiger charge is -2.22. The molecule has 0 aliphatic carbocycles. The molecule has 1 aromatic rings. The smallest absolute Gasteiger partial charge is 0.256 e. The summed E-state index contributed by atoms with van der Waals surface area (Å²) in [5.41, 5.74) is 0.637. The highest BCUT2D eigenvalue weighted by molar-refractivity contribution is 9.10. The predicted molar refractivity (Wildman–Crippen MR) is 80.8 cm³/mol. The summed E-state index contributed by atoms with van der Waals surface area (Å²) in [6.07, 6.45) is 2.67. The minimum atomic E-state index is 0.0542. The zero-order chi connectivity index (χ0) is 14.4. The molecule has 0 spiro atoms. The molecule has 0 unspecified atom stereocenters. The van der Waals surface area contributed by atoms with E-state index in [0.29, 0.717) is 10.2 Å². The van der Waals surface area contributed by atoms with Crippen molar-refractivity contribution >= 4 is 21.8 Å². The molecular weight excluding hydrogens is 322 g/mol. The van der Waals surface area contributed by atoms with Crippen LogP contribution >= 0.6 is 15.9 Å². The summed E-state index contributed by atoms with van der Waals surface area (Å²) < 4.78 is 5.72. The molecule has 1 fully saturated rings. The normalized spacial score (nSPS) is 17.0. The van der Waals surface area contributed by atoms with Crippen LogP contribution in [0.4, 0.5) is 0 Å². The Morgan fingerprint density at radius 3 is 3.00 bits per heavy atom. The van der Waals surface area contributed by atoms with Gasteiger partial charge in [0.2, 0.25) is 0 Å². The average molecular weight is 342 g/mol. The molecule has 2 heterocycles. The summed E-state index contributed by atoms with van der Waals surface area (Å²) in [5.74, 6) is 0.0542. The Hall–Kier alpha value is -0.980. The fourth-order valence-electron chi connectivity index (χ4n) is 2.33. The van der Waals surface area contributed by atoms with Gasteiger partial charge in [-0.3, -0.25) is 9.69 Å². The van der Waals surface area contributed by atoms with Gasteiger partial charge in [-0.1, -0.05) is 0 Å². The third-order valence-corrected chi connectivity index (χ3v) is 4.11. The first-order valence-corrected chi connectivity index (χ1v) is 7.62. The Morgan fingerprint density at radius 2 is 2.25 bits per heavy atom. The maximum absolute atomic E-state index is 12.5. The number of carbonyl (C=O) groups is 1. The van der Waals surface area contributed by atoms with Gasteiger partial charge in [-0.2, -0.15) is 0 Å². The largest absolute Gasteiger partial charge is 0.383 e. The number of ether oxygens (including phenoxy) is 1. The van der Waals surface area contributed by atoms with Gasteiger partial charge in [0.25, 0.3) is 5.91 Å². The molecule has 1 aliphatic heterocycles. The molecule has 1 amide bonds. The number of pyridine rings is 1. The monoisotopic (exact) mass is 341 g/mol. The molecular formula is C14H20BrN3O2. The Labute approximate surface area is 128 Å². The molecule has 0 bridgehead atoms. The number of aromatic nitrogens is 1. The Kier molecular flexibility index (Phi) is 5.94. The minimum absolute atomic E-state index is 0.0542. The average Bonchev–Trinajstić information content (AvgIpc) is 2.70. The van der Waals surface area contributed by atoms with E-state index in [0.717, 1.165) is 45.8 Å². The lowest BCUT2D eigenvalue weighted by Crippen LogP contribution is -2.36. The van der Waals surface area contributed by atoms with Crippen molar-refractivity contribution in [1.29, 1.82) is 0 Å². The number of hydrogen-bond donors (Lipinski definition) is 0. The molecule has 110 valence electrons. The molecule has 0 atom stereocenters. The van der Waals surface area contributed by atoms with Gasteiger partial charge in [0.1, 0.15) is 4.60 Å². The van der Waals surface area contributed by atoms with Crippen LogP contribution in [0.25, 0.3) is 0 Å². The summed E-state index contributed by atoms with van der Waals surface area (Å²) in [5, 5.41) is 0. The maximum atomic E-state index is 12.5. The van der Waals surface area contributed by atoms with Crippen LogP contribution in [0.1, 0.15) is 16.8 Å². The van der Waals surface area contributed by atoms with Gasteiger partial charge in [0, 0.05) is 39.5 Å². The number of methoxy groups -OCH3 is 1. The quantitative estimate of drug-likeness (QED) is 0.781. The topological polar surface area (TPSA) is 45.7 Å². The fourth-order valence-corrected chi connectivity index (χ4v) is 2.75. The summed E-state index contributed by atoms with van der Waals surface area (Å²) in [4.78, 5) is 20.9. The van der Waals surface area contributed by atoms with Crippen molar-refractivity contribution in [3.05, 3.63) is 28.5 Å². The highest BCUT2D eigenvalue weighted by Gasteiger charge is 2.21. The third kappa shape index (κ3) is 4.01. The lowest BCUT2D eigenvalue weighted by atomic mass is 10.2. The van der Waals surface area contributed by atoms with E-state index in [2.05, 4.69) is 25.8 Å². The molecule has 1 aromatic heterocycles. The summed E-state index contributed by atoms with van der Waals surface area (Å²) in [6, 6.07) is 3.60. The molecule has 0 N–H and O–H groups in total. The van der Waals surface area contributed by atoms with Crippen molar-refractivity contribution < 1.29 is 9.53 Å². The number of amides is 1. The SMILES string of the molecule is COCCN1CCCN(C(=O)c2cccnc2Br)CC1. The number of nitrogens with zero attached hydrogens (tertiary/aromatic N) is 3. The van der Waals surface area contributed by atoms with E-state index in [1.54, 1.807) is 19.4 Å². The number of hydrogen-bond acceptors (Lipinski definition) is 4. The van der Waals surface area contributed by atoms with Gasteiger partial charge in [-0.25, -0.2) is 4.98 Å². The van der Waals surface area contributed by atoms with Gasteiger partial charge >= 0.3 is 0 Å². The number of carbonyl (C=O) groups excluding carboxylic acids is 1. The van der Waals surface area contributed by atoms with E-state index >= 15 is 0 Å². The summed E-state index contributed by atoms with van der Waals surface area (Å²) in [6.45, 7) is 5.12. The van der Waals surface area contributed by atoms with Gasteiger partial charge in [-0.05, 0) is 41.0 Å². The summed E-state index contributed by atoms with van der Waals surface area (Å²) in [7, 11) is 1.72. The van der Waals surface area contributed by atoms with E-state index in [-0.39, 0.29) is 5.91 Å². The third-order valence-electron chi connectivity index (χ3n) is 3.48. The fraction of sp³-hybridized carbons (Fsp3) is 0.571. The Morgan fingerprint density at radius 1 is 1.40 bits per heavy atom. The van der Waals surface area contributed by atoms with Crippen molar-refractivity contribution in [3.8, 4) is 0 Å². The van der Waals surface area contributed by atoms with E-state index < -0.39 is 0 Å². The van der Waals surface area contributed by atoms with Crippen molar-refractivity contribution in [2.75, 3.05) is 46.4 Å². The predicted octanol–water partition coefficient (Wildman–Crippen LogP) is 1.64. The zero-order valence-corrected chi connectivity index (χ0v) is 13.3. The molecule has 1 saturated heterocycles. The number of halogens is 1. The van der Waals surface area contributed by atoms with Crippen LogP contribution in [0.5, 0.6) is 0 Å². The second-order valence-corrected chi connectivity index (χ2v) is 5.57. The molecule has 5 nitrogen and oxygen atoms in total. The van der Waals surface area contributed by atoms with Crippen LogP contribution in [0.15, 0.2) is 22.9 Å². The van der Waals surface area contributed by atoms with Crippen LogP contribution in [0.2, 0.25) is 0 Å². The minimum Gasteiger partial charge on any atom is -0.383 e. The van der Waals surface area contributed by atoms with Crippen molar-refractivity contribution in [2.24, 2.45) is 0 Å². The summed E-state index contributed by atoms with van der Waals surface area (Å²) >= 11 is 3.34. The highest BCUT2D eigenvalue weighted by Crippen LogP contribution is 2.16. The zero-order valence-electron chi connectivity index (χ0n) is 11.7. The maximum Gasteiger partial charge on any atom is 0.256 e. The second-order valence-electron chi connectivity index (χ2n) is 4.82. The lowest BCUT2D eigenvalue weighted by molar-refractivity contribution is 0.0757. The number of rotatable bonds is 4. The second kappa shape index (κ2) is 7.71. The van der Waals surface area contributed by atoms with Crippen molar-refractivity contribution in [1.82, 2.24) is 14.8 Å². The first-order chi connectivity index (χ1) is 9.72. The van der Waals surface area contributed by atoms with Crippen LogP contribution in [0, 0.1) is 0 Å². The molecule has 0 radical (unpaired) electrons. The molecule has 0 saturated carbocycles. The van der Waals surface area contributed by atoms with Crippen molar-refractivity contribution in [2.45, 2.75) is 6.42 Å². The standard InChI is InChI=1S/C14H20BrN3O2/c1-20-11-10-17-6-3-7-18(9-8-17)14(19)12-4-2-5-16-13(12)15/h2,4-5H,3,6-11H2,1H3. The van der Waals surface area contributed by atoms with Crippen LogP contribution in [-0.4, -0.2) is 67.1 Å². The van der Waals surface area contributed by atoms with E-state index in [1.165, 1.54) is 0 Å². The van der Waals surface area contributed by atoms with Crippen molar-refractivity contribution in [3.63, 3.8) is 0 Å². The van der Waals surface area contributed by atoms with Crippen LogP contribution < -0.4 is 0 Å². The highest BCUT2D eigenvalue weighted by atomic mass is 79.9. The first kappa shape index (κ1) is 15.4. The van der Waals surface area contributed by atoms with E-state index in [9.17, 15) is 4.79 Å². The van der Waals surface area contributed by atoms with Crippen LogP contribution in [0.3, 0.4) is 0 Å². The molecule has 0 aromatic carbocycles. The Bertz CT molecular complexity index is 456. The molecule has 1 aliphatic rings. The van der Waals surface area contributed by atoms with E-state index in [4.69, 9.17) is 4.74 Å². The molecule has 20 heavy (non-hydrogen) atoms. The first-order valence-electron chi connectivity index (χ1n) is 6.83. The van der Waals surface area contributed by atoms with Gasteiger partial charge in [-0.15, -0.1) is 0 Å². The van der Waals surface area contributed by atoms with Crippen LogP contribution in [-0.2, 0) is 4.74 Å².